The summed E-state index contributed by atoms with van der Waals surface area (Å²) in [6.07, 6.45) is 3.42. The second kappa shape index (κ2) is 11.9. The molecule has 4 rings (SSSR count). The van der Waals surface area contributed by atoms with Gasteiger partial charge in [-0.25, -0.2) is 19.8 Å². The molecule has 0 bridgehead atoms. The lowest BCUT2D eigenvalue weighted by atomic mass is 9.83. The van der Waals surface area contributed by atoms with E-state index in [1.807, 2.05) is 17.1 Å². The van der Waals surface area contributed by atoms with Crippen LogP contribution in [0.5, 0.6) is 0 Å². The molecule has 2 heterocycles. The molecule has 1 aromatic carbocycles. The minimum atomic E-state index is -1.35. The van der Waals surface area contributed by atoms with Crippen molar-refractivity contribution in [2.45, 2.75) is 45.6 Å². The molecule has 2 aliphatic rings. The molecule has 1 atom stereocenters. The van der Waals surface area contributed by atoms with Crippen LogP contribution in [-0.4, -0.2) is 64.4 Å². The van der Waals surface area contributed by atoms with Gasteiger partial charge in [0, 0.05) is 29.7 Å². The van der Waals surface area contributed by atoms with Gasteiger partial charge in [0.1, 0.15) is 5.69 Å². The fourth-order valence-electron chi connectivity index (χ4n) is 4.64. The van der Waals surface area contributed by atoms with E-state index in [4.69, 9.17) is 26.9 Å². The number of hydrogen-bond donors (Lipinski definition) is 5. The zero-order valence-corrected chi connectivity index (χ0v) is 21.4. The molecule has 194 valence electrons. The van der Waals surface area contributed by atoms with E-state index >= 15 is 0 Å². The molecule has 2 aromatic rings. The summed E-state index contributed by atoms with van der Waals surface area (Å²) in [5, 5.41) is 25.7. The molecule has 0 radical (unpaired) electrons. The first-order valence-electron chi connectivity index (χ1n) is 12.4. The topological polar surface area (TPSA) is 135 Å². The predicted molar refractivity (Wildman–Crippen MR) is 141 cm³/mol. The summed E-state index contributed by atoms with van der Waals surface area (Å²) in [6.45, 7) is 6.93. The van der Waals surface area contributed by atoms with Gasteiger partial charge >= 0.3 is 6.09 Å². The lowest BCUT2D eigenvalue weighted by Gasteiger charge is -2.34. The third-order valence-electron chi connectivity index (χ3n) is 6.78. The van der Waals surface area contributed by atoms with Gasteiger partial charge in [-0.3, -0.25) is 10.7 Å². The predicted octanol–water partition coefficient (Wildman–Crippen LogP) is 4.68. The van der Waals surface area contributed by atoms with Gasteiger partial charge in [0.2, 0.25) is 0 Å². The Morgan fingerprint density at radius 2 is 2.03 bits per heavy atom. The van der Waals surface area contributed by atoms with Crippen molar-refractivity contribution in [3.05, 3.63) is 35.1 Å². The van der Waals surface area contributed by atoms with Gasteiger partial charge < -0.3 is 20.6 Å². The van der Waals surface area contributed by atoms with Crippen molar-refractivity contribution >= 4 is 35.0 Å². The first-order chi connectivity index (χ1) is 17.3. The second-order valence-corrected chi connectivity index (χ2v) is 10.1. The minimum Gasteiger partial charge on any atom is -0.465 e. The van der Waals surface area contributed by atoms with Gasteiger partial charge in [-0.1, -0.05) is 43.5 Å². The highest BCUT2D eigenvalue weighted by molar-refractivity contribution is 6.30. The SMILES string of the molecule is CC1CCC(CNc2c(NN3CCOC[C@H]3C)nc(C(=N)NC(=O)O)nc2-c2cccc(Cl)c2)CC1. The Kier molecular flexibility index (Phi) is 8.60. The van der Waals surface area contributed by atoms with Gasteiger partial charge in [-0.15, -0.1) is 0 Å². The molecular formula is C25H34ClN7O3. The van der Waals surface area contributed by atoms with E-state index in [2.05, 4.69) is 39.9 Å². The number of rotatable bonds is 7. The lowest BCUT2D eigenvalue weighted by Crippen LogP contribution is -2.47. The molecule has 36 heavy (non-hydrogen) atoms. The monoisotopic (exact) mass is 515 g/mol. The van der Waals surface area contributed by atoms with Crippen molar-refractivity contribution in [2.24, 2.45) is 11.8 Å². The average molecular weight is 516 g/mol. The van der Waals surface area contributed by atoms with E-state index in [0.29, 0.717) is 47.9 Å². The van der Waals surface area contributed by atoms with Crippen molar-refractivity contribution in [3.63, 3.8) is 0 Å². The molecule has 1 saturated carbocycles. The number of anilines is 2. The number of nitrogens with zero attached hydrogens (tertiary/aromatic N) is 3. The third kappa shape index (κ3) is 6.63. The molecule has 2 fully saturated rings. The van der Waals surface area contributed by atoms with E-state index in [-0.39, 0.29) is 11.9 Å². The van der Waals surface area contributed by atoms with E-state index in [0.717, 1.165) is 30.9 Å². The largest absolute Gasteiger partial charge is 0.465 e. The summed E-state index contributed by atoms with van der Waals surface area (Å²) >= 11 is 6.31. The highest BCUT2D eigenvalue weighted by Gasteiger charge is 2.25. The van der Waals surface area contributed by atoms with Gasteiger partial charge in [0.25, 0.3) is 0 Å². The van der Waals surface area contributed by atoms with Gasteiger partial charge in [-0.2, -0.15) is 0 Å². The van der Waals surface area contributed by atoms with Crippen LogP contribution in [0.1, 0.15) is 45.4 Å². The summed E-state index contributed by atoms with van der Waals surface area (Å²) in [6, 6.07) is 7.41. The summed E-state index contributed by atoms with van der Waals surface area (Å²) in [5.41, 5.74) is 5.39. The first kappa shape index (κ1) is 26.1. The fraction of sp³-hybridized carbons (Fsp3) is 0.520. The molecule has 1 aliphatic carbocycles. The second-order valence-electron chi connectivity index (χ2n) is 9.67. The number of morpholine rings is 1. The molecule has 5 N–H and O–H groups in total. The molecular weight excluding hydrogens is 482 g/mol. The third-order valence-corrected chi connectivity index (χ3v) is 7.02. The summed E-state index contributed by atoms with van der Waals surface area (Å²) in [4.78, 5) is 20.4. The maximum absolute atomic E-state index is 11.2. The Hall–Kier alpha value is -2.95. The Balaban J connectivity index is 1.75. The van der Waals surface area contributed by atoms with Crippen LogP contribution in [0.25, 0.3) is 11.3 Å². The maximum atomic E-state index is 11.2. The van der Waals surface area contributed by atoms with Crippen LogP contribution >= 0.6 is 11.6 Å². The molecule has 0 spiro atoms. The highest BCUT2D eigenvalue weighted by Crippen LogP contribution is 2.35. The van der Waals surface area contributed by atoms with E-state index in [9.17, 15) is 4.79 Å². The molecule has 1 aliphatic heterocycles. The van der Waals surface area contributed by atoms with Crippen molar-refractivity contribution < 1.29 is 14.6 Å². The number of halogens is 1. The highest BCUT2D eigenvalue weighted by atomic mass is 35.5. The quantitative estimate of drug-likeness (QED) is 0.265. The fourth-order valence-corrected chi connectivity index (χ4v) is 4.83. The summed E-state index contributed by atoms with van der Waals surface area (Å²) < 4.78 is 5.57. The Morgan fingerprint density at radius 3 is 2.72 bits per heavy atom. The lowest BCUT2D eigenvalue weighted by molar-refractivity contribution is 0.0122. The zero-order chi connectivity index (χ0) is 25.7. The normalized spacial score (nSPS) is 22.6. The van der Waals surface area contributed by atoms with Crippen molar-refractivity contribution in [1.82, 2.24) is 20.3 Å². The number of carboxylic acid groups (broad SMARTS) is 1. The number of amidine groups is 1. The Morgan fingerprint density at radius 1 is 1.25 bits per heavy atom. The number of amides is 1. The van der Waals surface area contributed by atoms with Crippen molar-refractivity contribution in [2.75, 3.05) is 37.0 Å². The molecule has 1 aromatic heterocycles. The number of carbonyl (C=O) groups is 1. The number of ether oxygens (including phenoxy) is 1. The van der Waals surface area contributed by atoms with Crippen LogP contribution in [0.3, 0.4) is 0 Å². The molecule has 0 unspecified atom stereocenters. The smallest absolute Gasteiger partial charge is 0.410 e. The minimum absolute atomic E-state index is 0.0344. The van der Waals surface area contributed by atoms with E-state index in [1.54, 1.807) is 12.1 Å². The zero-order valence-electron chi connectivity index (χ0n) is 20.7. The molecule has 10 nitrogen and oxygen atoms in total. The standard InChI is InChI=1S/C25H34ClN7O3/c1-15-6-8-17(9-7-15)13-28-21-20(18-4-3-5-19(26)12-18)29-24(22(27)30-25(34)35)31-23(21)32-33-10-11-36-14-16(33)2/h3-5,12,15-17,28H,6-11,13-14H2,1-2H3,(H2,27,30)(H,34,35)(H,29,31,32)/t15?,16-,17?/m1/s1. The number of aromatic nitrogens is 2. The van der Waals surface area contributed by atoms with Crippen LogP contribution in [-0.2, 0) is 4.74 Å². The van der Waals surface area contributed by atoms with Crippen molar-refractivity contribution in [3.8, 4) is 11.3 Å². The summed E-state index contributed by atoms with van der Waals surface area (Å²) in [7, 11) is 0. The maximum Gasteiger partial charge on any atom is 0.410 e. The average Bonchev–Trinajstić information content (AvgIpc) is 2.85. The number of benzene rings is 1. The van der Waals surface area contributed by atoms with E-state index < -0.39 is 11.9 Å². The van der Waals surface area contributed by atoms with Crippen LogP contribution in [0, 0.1) is 17.2 Å². The Bertz CT molecular complexity index is 1090. The molecule has 1 amide bonds. The van der Waals surface area contributed by atoms with Crippen LogP contribution in [0.2, 0.25) is 5.02 Å². The number of hydrogen-bond acceptors (Lipinski definition) is 8. The van der Waals surface area contributed by atoms with Gasteiger partial charge in [0.05, 0.1) is 18.9 Å². The first-order valence-corrected chi connectivity index (χ1v) is 12.8. The Labute approximate surface area is 216 Å². The number of hydrazine groups is 1. The molecule has 1 saturated heterocycles. The van der Waals surface area contributed by atoms with Crippen LogP contribution in [0.4, 0.5) is 16.3 Å². The van der Waals surface area contributed by atoms with E-state index in [1.165, 1.54) is 12.8 Å². The van der Waals surface area contributed by atoms with Gasteiger partial charge in [-0.05, 0) is 43.7 Å². The van der Waals surface area contributed by atoms with Gasteiger partial charge in [0.15, 0.2) is 17.5 Å². The van der Waals surface area contributed by atoms with Crippen LogP contribution in [0.15, 0.2) is 24.3 Å². The molecule has 11 heteroatoms. The summed E-state index contributed by atoms with van der Waals surface area (Å²) in [5.74, 6) is 1.34. The van der Waals surface area contributed by atoms with Crippen LogP contribution < -0.4 is 16.1 Å². The number of nitrogens with one attached hydrogen (secondary N) is 4. The van der Waals surface area contributed by atoms with Crippen molar-refractivity contribution in [1.29, 1.82) is 5.41 Å².